The zero-order valence-corrected chi connectivity index (χ0v) is 5.05. The van der Waals surface area contributed by atoms with E-state index in [0.29, 0.717) is 0 Å². The molecule has 0 radical (unpaired) electrons. The Bertz CT molecular complexity index is 119. The Morgan fingerprint density at radius 2 is 2.12 bits per heavy atom. The summed E-state index contributed by atoms with van der Waals surface area (Å²) in [5, 5.41) is 0. The maximum Gasteiger partial charge on any atom is 0.100 e. The van der Waals surface area contributed by atoms with Crippen molar-refractivity contribution in [3.05, 3.63) is 37.3 Å². The van der Waals surface area contributed by atoms with Gasteiger partial charge in [0.05, 0.1) is 6.26 Å². The molecule has 44 valence electrons. The lowest BCUT2D eigenvalue weighted by Crippen LogP contribution is -1.48. The third kappa shape index (κ3) is 2.24. The monoisotopic (exact) mass is 110 g/mol. The molecule has 1 heteroatoms. The summed E-state index contributed by atoms with van der Waals surface area (Å²) in [5.41, 5.74) is 0. The highest BCUT2D eigenvalue weighted by Crippen LogP contribution is 1.93. The fourth-order valence-corrected chi connectivity index (χ4v) is 0.361. The van der Waals surface area contributed by atoms with Gasteiger partial charge in [-0.2, -0.15) is 0 Å². The highest BCUT2D eigenvalue weighted by atomic mass is 16.3. The molecule has 8 heavy (non-hydrogen) atoms. The number of furan rings is 1. The highest BCUT2D eigenvalue weighted by molar-refractivity contribution is 4.93. The van der Waals surface area contributed by atoms with Crippen molar-refractivity contribution >= 4 is 0 Å². The maximum atomic E-state index is 4.83. The predicted octanol–water partition coefficient (Wildman–Crippen LogP) is 2.39. The van der Waals surface area contributed by atoms with Gasteiger partial charge >= 0.3 is 0 Å². The Hall–Kier alpha value is -0.980. The Kier molecular flexibility index (Phi) is 3.67. The number of hydrogen-bond donors (Lipinski definition) is 0. The minimum atomic E-state index is 0.968. The van der Waals surface area contributed by atoms with E-state index in [9.17, 15) is 0 Å². The fraction of sp³-hybridized carbons (Fsp3) is 0.143. The molecule has 0 aliphatic heterocycles. The highest BCUT2D eigenvalue weighted by Gasteiger charge is 1.75. The quantitative estimate of drug-likeness (QED) is 0.467. The molecule has 0 aliphatic carbocycles. The van der Waals surface area contributed by atoms with E-state index in [4.69, 9.17) is 4.42 Å². The number of aryl methyl sites for hydroxylation is 1. The Morgan fingerprint density at radius 1 is 1.50 bits per heavy atom. The van der Waals surface area contributed by atoms with Crippen LogP contribution in [0.5, 0.6) is 0 Å². The zero-order chi connectivity index (χ0) is 6.41. The van der Waals surface area contributed by atoms with E-state index >= 15 is 0 Å². The van der Waals surface area contributed by atoms with Crippen LogP contribution in [-0.2, 0) is 0 Å². The van der Waals surface area contributed by atoms with Crippen LogP contribution in [0.3, 0.4) is 0 Å². The molecule has 1 heterocycles. The van der Waals surface area contributed by atoms with E-state index in [1.165, 1.54) is 0 Å². The summed E-state index contributed by atoms with van der Waals surface area (Å²) in [7, 11) is 0. The van der Waals surface area contributed by atoms with Crippen LogP contribution in [0.25, 0.3) is 0 Å². The first-order chi connectivity index (χ1) is 3.89. The van der Waals surface area contributed by atoms with Crippen molar-refractivity contribution in [2.24, 2.45) is 0 Å². The fourth-order valence-electron chi connectivity index (χ4n) is 0.361. The molecule has 1 aromatic rings. The Labute approximate surface area is 49.6 Å². The summed E-state index contributed by atoms with van der Waals surface area (Å²) in [5.74, 6) is 0.968. The van der Waals surface area contributed by atoms with Gasteiger partial charge in [0, 0.05) is 0 Å². The molecule has 0 amide bonds. The zero-order valence-electron chi connectivity index (χ0n) is 5.05. The second-order valence-electron chi connectivity index (χ2n) is 1.22. The minimum absolute atomic E-state index is 0.968. The Morgan fingerprint density at radius 3 is 2.25 bits per heavy atom. The van der Waals surface area contributed by atoms with E-state index < -0.39 is 0 Å². The molecular weight excluding hydrogens is 100 g/mol. The van der Waals surface area contributed by atoms with Crippen LogP contribution in [0.2, 0.25) is 0 Å². The van der Waals surface area contributed by atoms with Crippen molar-refractivity contribution < 1.29 is 4.42 Å². The van der Waals surface area contributed by atoms with Gasteiger partial charge in [0.15, 0.2) is 0 Å². The molecule has 0 saturated heterocycles. The summed E-state index contributed by atoms with van der Waals surface area (Å²) < 4.78 is 4.83. The molecule has 0 aromatic carbocycles. The van der Waals surface area contributed by atoms with Crippen LogP contribution >= 0.6 is 0 Å². The SMILES string of the molecule is C=C.Cc1ccco1. The molecule has 0 unspecified atom stereocenters. The normalized spacial score (nSPS) is 7.12. The summed E-state index contributed by atoms with van der Waals surface area (Å²) in [4.78, 5) is 0. The van der Waals surface area contributed by atoms with Gasteiger partial charge in [0.25, 0.3) is 0 Å². The minimum Gasteiger partial charge on any atom is -0.470 e. The molecule has 0 fully saturated rings. The summed E-state index contributed by atoms with van der Waals surface area (Å²) in [6.07, 6.45) is 1.66. The average Bonchev–Trinajstić information content (AvgIpc) is 2.24. The lowest BCUT2D eigenvalue weighted by Gasteiger charge is -1.69. The van der Waals surface area contributed by atoms with E-state index in [2.05, 4.69) is 13.2 Å². The van der Waals surface area contributed by atoms with Gasteiger partial charge in [-0.25, -0.2) is 0 Å². The molecule has 0 spiro atoms. The van der Waals surface area contributed by atoms with E-state index in [1.807, 2.05) is 19.1 Å². The summed E-state index contributed by atoms with van der Waals surface area (Å²) in [6.45, 7) is 7.92. The van der Waals surface area contributed by atoms with Gasteiger partial charge in [-0.3, -0.25) is 0 Å². The van der Waals surface area contributed by atoms with Crippen molar-refractivity contribution in [2.45, 2.75) is 6.92 Å². The molecule has 0 atom stereocenters. The number of hydrogen-bond acceptors (Lipinski definition) is 1. The van der Waals surface area contributed by atoms with Gasteiger partial charge in [0.2, 0.25) is 0 Å². The molecule has 0 N–H and O–H groups in total. The largest absolute Gasteiger partial charge is 0.470 e. The first-order valence-electron chi connectivity index (χ1n) is 2.40. The van der Waals surface area contributed by atoms with E-state index in [-0.39, 0.29) is 0 Å². The topological polar surface area (TPSA) is 13.1 Å². The van der Waals surface area contributed by atoms with E-state index in [0.717, 1.165) is 5.76 Å². The second kappa shape index (κ2) is 4.19. The van der Waals surface area contributed by atoms with Crippen molar-refractivity contribution in [3.8, 4) is 0 Å². The van der Waals surface area contributed by atoms with Crippen molar-refractivity contribution in [2.75, 3.05) is 0 Å². The van der Waals surface area contributed by atoms with Crippen LogP contribution in [-0.4, -0.2) is 0 Å². The molecule has 0 aliphatic rings. The summed E-state index contributed by atoms with van der Waals surface area (Å²) >= 11 is 0. The summed E-state index contributed by atoms with van der Waals surface area (Å²) in [6, 6.07) is 3.79. The van der Waals surface area contributed by atoms with Crippen molar-refractivity contribution in [1.29, 1.82) is 0 Å². The Balaban J connectivity index is 0.000000222. The van der Waals surface area contributed by atoms with E-state index in [1.54, 1.807) is 6.26 Å². The molecule has 0 saturated carbocycles. The van der Waals surface area contributed by atoms with Crippen LogP contribution in [0, 0.1) is 6.92 Å². The third-order valence-corrected chi connectivity index (χ3v) is 0.663. The van der Waals surface area contributed by atoms with Gasteiger partial charge < -0.3 is 4.42 Å². The molecule has 1 nitrogen and oxygen atoms in total. The van der Waals surface area contributed by atoms with Crippen molar-refractivity contribution in [1.82, 2.24) is 0 Å². The van der Waals surface area contributed by atoms with Crippen LogP contribution in [0.15, 0.2) is 36.0 Å². The predicted molar refractivity (Wildman–Crippen MR) is 34.7 cm³/mol. The first kappa shape index (κ1) is 7.02. The smallest absolute Gasteiger partial charge is 0.100 e. The van der Waals surface area contributed by atoms with Gasteiger partial charge in [-0.15, -0.1) is 13.2 Å². The van der Waals surface area contributed by atoms with Gasteiger partial charge in [0.1, 0.15) is 5.76 Å². The lowest BCUT2D eigenvalue weighted by molar-refractivity contribution is 0.534. The lowest BCUT2D eigenvalue weighted by atomic mass is 10.5. The van der Waals surface area contributed by atoms with Crippen LogP contribution in [0.4, 0.5) is 0 Å². The molecule has 1 aromatic heterocycles. The van der Waals surface area contributed by atoms with Crippen molar-refractivity contribution in [3.63, 3.8) is 0 Å². The van der Waals surface area contributed by atoms with Gasteiger partial charge in [-0.1, -0.05) is 0 Å². The second-order valence-corrected chi connectivity index (χ2v) is 1.22. The van der Waals surface area contributed by atoms with Gasteiger partial charge in [-0.05, 0) is 19.1 Å². The third-order valence-electron chi connectivity index (χ3n) is 0.663. The standard InChI is InChI=1S/C5H6O.C2H4/c1-5-3-2-4-6-5;1-2/h2-4H,1H3;1-2H2. The number of rotatable bonds is 0. The molecular formula is C7H10O. The van der Waals surface area contributed by atoms with Crippen LogP contribution in [0.1, 0.15) is 5.76 Å². The molecule has 1 rings (SSSR count). The molecule has 0 bridgehead atoms. The first-order valence-corrected chi connectivity index (χ1v) is 2.40. The maximum absolute atomic E-state index is 4.83. The average molecular weight is 110 g/mol. The van der Waals surface area contributed by atoms with Crippen LogP contribution < -0.4 is 0 Å².